The van der Waals surface area contributed by atoms with E-state index in [9.17, 15) is 13.2 Å². The van der Waals surface area contributed by atoms with Gasteiger partial charge in [-0.3, -0.25) is 0 Å². The molecular formula is C21H21F3N2S. The minimum atomic E-state index is -4.37. The van der Waals surface area contributed by atoms with Crippen LogP contribution in [0, 0.1) is 12.8 Å². The number of hydrogen-bond acceptors (Lipinski definition) is 2. The summed E-state index contributed by atoms with van der Waals surface area (Å²) in [6.07, 6.45) is -4.37. The van der Waals surface area contributed by atoms with Crippen molar-refractivity contribution in [2.24, 2.45) is 10.9 Å². The summed E-state index contributed by atoms with van der Waals surface area (Å²) in [6, 6.07) is 13.4. The number of nitrogens with zero attached hydrogens (tertiary/aromatic N) is 2. The molecule has 0 amide bonds. The standard InChI is InChI=1S/C21H21F3N2S/c1-14(2)12-26-19(16-9-7-15(3)8-10-16)13-27-20(26)25-18-6-4-5-17(11-18)21(22,23)24/h4-11,13-14H,12H2,1-3H3. The molecule has 3 aromatic rings. The summed E-state index contributed by atoms with van der Waals surface area (Å²) in [5, 5.41) is 2.01. The van der Waals surface area contributed by atoms with E-state index in [1.54, 1.807) is 6.07 Å². The first kappa shape index (κ1) is 19.4. The average Bonchev–Trinajstić information content (AvgIpc) is 2.97. The van der Waals surface area contributed by atoms with Gasteiger partial charge < -0.3 is 4.57 Å². The maximum atomic E-state index is 13.0. The second-order valence-corrected chi connectivity index (χ2v) is 7.77. The Morgan fingerprint density at radius 3 is 2.41 bits per heavy atom. The maximum Gasteiger partial charge on any atom is 0.416 e. The van der Waals surface area contributed by atoms with Crippen molar-refractivity contribution in [2.45, 2.75) is 33.5 Å². The topological polar surface area (TPSA) is 17.3 Å². The van der Waals surface area contributed by atoms with Gasteiger partial charge in [0.2, 0.25) is 0 Å². The monoisotopic (exact) mass is 390 g/mol. The Morgan fingerprint density at radius 2 is 1.78 bits per heavy atom. The largest absolute Gasteiger partial charge is 0.416 e. The summed E-state index contributed by atoms with van der Waals surface area (Å²) in [5.74, 6) is 0.379. The Kier molecular flexibility index (Phi) is 5.56. The molecule has 6 heteroatoms. The number of benzene rings is 2. The fourth-order valence-electron chi connectivity index (χ4n) is 2.78. The van der Waals surface area contributed by atoms with Crippen LogP contribution in [-0.4, -0.2) is 4.57 Å². The van der Waals surface area contributed by atoms with Crippen LogP contribution in [-0.2, 0) is 12.7 Å². The van der Waals surface area contributed by atoms with Crippen LogP contribution in [0.5, 0.6) is 0 Å². The summed E-state index contributed by atoms with van der Waals surface area (Å²) in [6.45, 7) is 6.99. The molecule has 27 heavy (non-hydrogen) atoms. The lowest BCUT2D eigenvalue weighted by Gasteiger charge is -2.12. The van der Waals surface area contributed by atoms with E-state index in [4.69, 9.17) is 0 Å². The number of hydrogen-bond donors (Lipinski definition) is 0. The van der Waals surface area contributed by atoms with E-state index in [1.165, 1.54) is 23.0 Å². The second-order valence-electron chi connectivity index (χ2n) is 6.93. The first-order chi connectivity index (χ1) is 12.7. The molecule has 0 radical (unpaired) electrons. The van der Waals surface area contributed by atoms with Gasteiger partial charge in [0.25, 0.3) is 0 Å². The molecule has 0 N–H and O–H groups in total. The summed E-state index contributed by atoms with van der Waals surface area (Å²) in [7, 11) is 0. The van der Waals surface area contributed by atoms with E-state index in [1.807, 2.05) is 12.3 Å². The zero-order valence-electron chi connectivity index (χ0n) is 15.4. The van der Waals surface area contributed by atoms with Crippen LogP contribution >= 0.6 is 11.3 Å². The maximum absolute atomic E-state index is 13.0. The first-order valence-corrected chi connectivity index (χ1v) is 9.59. The third-order valence-electron chi connectivity index (χ3n) is 4.09. The molecule has 0 fully saturated rings. The molecule has 1 heterocycles. The van der Waals surface area contributed by atoms with Gasteiger partial charge in [-0.15, -0.1) is 11.3 Å². The molecule has 0 aliphatic heterocycles. The van der Waals surface area contributed by atoms with Gasteiger partial charge in [0.05, 0.1) is 16.9 Å². The fraction of sp³-hybridized carbons (Fsp3) is 0.286. The van der Waals surface area contributed by atoms with Crippen molar-refractivity contribution in [3.05, 3.63) is 69.8 Å². The van der Waals surface area contributed by atoms with Crippen molar-refractivity contribution >= 4 is 17.0 Å². The Morgan fingerprint density at radius 1 is 1.07 bits per heavy atom. The van der Waals surface area contributed by atoms with Gasteiger partial charge in [-0.25, -0.2) is 4.99 Å². The van der Waals surface area contributed by atoms with Crippen LogP contribution in [0.1, 0.15) is 25.0 Å². The SMILES string of the molecule is Cc1ccc(-c2csc(=Nc3cccc(C(F)(F)F)c3)n2CC(C)C)cc1. The number of aromatic nitrogens is 1. The molecule has 142 valence electrons. The minimum absolute atomic E-state index is 0.305. The quantitative estimate of drug-likeness (QED) is 0.488. The van der Waals surface area contributed by atoms with Gasteiger partial charge in [0.15, 0.2) is 4.80 Å². The third-order valence-corrected chi connectivity index (χ3v) is 4.95. The highest BCUT2D eigenvalue weighted by Gasteiger charge is 2.30. The smallest absolute Gasteiger partial charge is 0.316 e. The molecule has 0 spiro atoms. The molecule has 0 bridgehead atoms. The molecule has 1 aromatic heterocycles. The van der Waals surface area contributed by atoms with Gasteiger partial charge in [0, 0.05) is 11.9 Å². The fourth-order valence-corrected chi connectivity index (χ4v) is 3.72. The molecule has 0 saturated carbocycles. The number of alkyl halides is 3. The van der Waals surface area contributed by atoms with E-state index in [2.05, 4.69) is 47.7 Å². The van der Waals surface area contributed by atoms with Crippen molar-refractivity contribution < 1.29 is 13.2 Å². The Bertz CT molecular complexity index is 980. The van der Waals surface area contributed by atoms with Gasteiger partial charge in [-0.05, 0) is 36.6 Å². The van der Waals surface area contributed by atoms with Crippen molar-refractivity contribution in [3.8, 4) is 11.3 Å². The number of thiazole rings is 1. The molecule has 2 nitrogen and oxygen atoms in total. The Balaban J connectivity index is 2.10. The van der Waals surface area contributed by atoms with Crippen molar-refractivity contribution in [1.82, 2.24) is 4.57 Å². The highest BCUT2D eigenvalue weighted by Crippen LogP contribution is 2.31. The van der Waals surface area contributed by atoms with Crippen LogP contribution in [0.4, 0.5) is 18.9 Å². The zero-order chi connectivity index (χ0) is 19.6. The molecule has 0 saturated heterocycles. The molecule has 0 unspecified atom stereocenters. The predicted octanol–water partition coefficient (Wildman–Crippen LogP) is 6.43. The van der Waals surface area contributed by atoms with Crippen LogP contribution in [0.15, 0.2) is 58.9 Å². The molecule has 3 rings (SSSR count). The number of rotatable bonds is 4. The third kappa shape index (κ3) is 4.69. The molecule has 0 aliphatic carbocycles. The van der Waals surface area contributed by atoms with Crippen LogP contribution in [0.2, 0.25) is 0 Å². The summed E-state index contributed by atoms with van der Waals surface area (Å²) in [5.41, 5.74) is 2.90. The van der Waals surface area contributed by atoms with E-state index >= 15 is 0 Å². The summed E-state index contributed by atoms with van der Waals surface area (Å²) >= 11 is 1.44. The van der Waals surface area contributed by atoms with Gasteiger partial charge >= 0.3 is 6.18 Å². The lowest BCUT2D eigenvalue weighted by Crippen LogP contribution is -2.19. The lowest BCUT2D eigenvalue weighted by molar-refractivity contribution is -0.137. The van der Waals surface area contributed by atoms with Crippen molar-refractivity contribution in [1.29, 1.82) is 0 Å². The molecule has 2 aromatic carbocycles. The Hall–Kier alpha value is -2.34. The lowest BCUT2D eigenvalue weighted by atomic mass is 10.1. The van der Waals surface area contributed by atoms with Gasteiger partial charge in [0.1, 0.15) is 0 Å². The summed E-state index contributed by atoms with van der Waals surface area (Å²) < 4.78 is 41.0. The highest BCUT2D eigenvalue weighted by molar-refractivity contribution is 7.07. The average molecular weight is 390 g/mol. The Labute approximate surface area is 160 Å². The van der Waals surface area contributed by atoms with Crippen LogP contribution in [0.3, 0.4) is 0 Å². The number of aryl methyl sites for hydroxylation is 1. The van der Waals surface area contributed by atoms with Crippen molar-refractivity contribution in [2.75, 3.05) is 0 Å². The van der Waals surface area contributed by atoms with E-state index in [0.29, 0.717) is 16.4 Å². The second kappa shape index (κ2) is 7.72. The van der Waals surface area contributed by atoms with Crippen LogP contribution < -0.4 is 4.80 Å². The van der Waals surface area contributed by atoms with Gasteiger partial charge in [-0.1, -0.05) is 49.7 Å². The molecular weight excluding hydrogens is 369 g/mol. The van der Waals surface area contributed by atoms with Crippen LogP contribution in [0.25, 0.3) is 11.3 Å². The zero-order valence-corrected chi connectivity index (χ0v) is 16.2. The van der Waals surface area contributed by atoms with E-state index in [-0.39, 0.29) is 0 Å². The minimum Gasteiger partial charge on any atom is -0.316 e. The molecule has 0 aliphatic rings. The van der Waals surface area contributed by atoms with E-state index in [0.717, 1.165) is 29.9 Å². The number of halogens is 3. The molecule has 0 atom stereocenters. The summed E-state index contributed by atoms with van der Waals surface area (Å²) in [4.78, 5) is 5.21. The highest BCUT2D eigenvalue weighted by atomic mass is 32.1. The predicted molar refractivity (Wildman–Crippen MR) is 104 cm³/mol. The van der Waals surface area contributed by atoms with E-state index < -0.39 is 11.7 Å². The first-order valence-electron chi connectivity index (χ1n) is 8.71. The normalized spacial score (nSPS) is 12.8. The van der Waals surface area contributed by atoms with Crippen molar-refractivity contribution in [3.63, 3.8) is 0 Å². The van der Waals surface area contributed by atoms with Gasteiger partial charge in [-0.2, -0.15) is 13.2 Å².